The summed E-state index contributed by atoms with van der Waals surface area (Å²) in [5, 5.41) is 3.54. The number of anilines is 5. The zero-order chi connectivity index (χ0) is 44.1. The number of ether oxygens (including phenoxy) is 6. The van der Waals surface area contributed by atoms with E-state index in [1.807, 2.05) is 72.8 Å². The van der Waals surface area contributed by atoms with E-state index in [0.717, 1.165) is 104 Å². The molecule has 0 amide bonds. The van der Waals surface area contributed by atoms with Crippen LogP contribution in [-0.2, 0) is 9.47 Å². The molecule has 0 radical (unpaired) electrons. The molecular weight excluding hydrogens is 840 g/mol. The second-order valence-corrected chi connectivity index (χ2v) is 16.2. The molecule has 2 saturated heterocycles. The molecule has 18 nitrogen and oxygen atoms in total. The molecule has 2 aromatic carbocycles. The number of methoxy groups -OCH3 is 2. The molecule has 8 heterocycles. The Kier molecular flexibility index (Phi) is 14.0. The van der Waals surface area contributed by atoms with Crippen LogP contribution >= 0.6 is 11.6 Å². The van der Waals surface area contributed by atoms with Crippen molar-refractivity contribution in [2.75, 3.05) is 88.8 Å². The lowest BCUT2D eigenvalue weighted by Crippen LogP contribution is -2.57. The molecule has 340 valence electrons. The Bertz CT molecular complexity index is 2520. The summed E-state index contributed by atoms with van der Waals surface area (Å²) in [5.74, 6) is 4.95. The van der Waals surface area contributed by atoms with Gasteiger partial charge in [-0.3, -0.25) is 0 Å². The average Bonchev–Trinajstić information content (AvgIpc) is 3.95. The smallest absolute Gasteiger partial charge is 0.229 e. The maximum atomic E-state index is 6.02. The van der Waals surface area contributed by atoms with Gasteiger partial charge in [0.2, 0.25) is 11.2 Å². The van der Waals surface area contributed by atoms with Crippen LogP contribution in [0.25, 0.3) is 11.4 Å². The van der Waals surface area contributed by atoms with Gasteiger partial charge in [0.25, 0.3) is 0 Å². The monoisotopic (exact) mass is 896 g/mol. The van der Waals surface area contributed by atoms with Gasteiger partial charge >= 0.3 is 0 Å². The van der Waals surface area contributed by atoms with E-state index in [-0.39, 0.29) is 23.8 Å². The van der Waals surface area contributed by atoms with Gasteiger partial charge in [0.05, 0.1) is 73.1 Å². The number of hydrogen-bond donors (Lipinski definition) is 2. The third kappa shape index (κ3) is 9.58. The summed E-state index contributed by atoms with van der Waals surface area (Å²) >= 11 is 5.84. The molecule has 19 heteroatoms. The Hall–Kier alpha value is -6.37. The van der Waals surface area contributed by atoms with Crippen molar-refractivity contribution < 1.29 is 28.4 Å². The van der Waals surface area contributed by atoms with Crippen molar-refractivity contribution in [3.8, 4) is 34.4 Å². The van der Waals surface area contributed by atoms with Crippen molar-refractivity contribution in [2.24, 2.45) is 0 Å². The molecule has 2 fully saturated rings. The van der Waals surface area contributed by atoms with Crippen molar-refractivity contribution in [1.29, 1.82) is 0 Å². The predicted molar refractivity (Wildman–Crippen MR) is 247 cm³/mol. The van der Waals surface area contributed by atoms with Crippen LogP contribution in [0.1, 0.15) is 44.5 Å². The van der Waals surface area contributed by atoms with Gasteiger partial charge in [0.15, 0.2) is 23.1 Å². The van der Waals surface area contributed by atoms with Gasteiger partial charge in [-0.05, 0) is 75.4 Å². The van der Waals surface area contributed by atoms with Gasteiger partial charge in [-0.1, -0.05) is 7.43 Å². The van der Waals surface area contributed by atoms with Crippen molar-refractivity contribution in [3.05, 3.63) is 90.5 Å². The summed E-state index contributed by atoms with van der Waals surface area (Å²) in [6.07, 6.45) is 14.5. The molecule has 2 spiro atoms. The van der Waals surface area contributed by atoms with Gasteiger partial charge in [0, 0.05) is 76.4 Å². The molecule has 4 aliphatic heterocycles. The average molecular weight is 897 g/mol. The van der Waals surface area contributed by atoms with E-state index in [9.17, 15) is 0 Å². The molecule has 10 rings (SSSR count). The van der Waals surface area contributed by atoms with E-state index in [2.05, 4.69) is 47.1 Å². The van der Waals surface area contributed by atoms with Gasteiger partial charge in [-0.15, -0.1) is 0 Å². The topological polar surface area (TPSA) is 187 Å². The quantitative estimate of drug-likeness (QED) is 0.128. The maximum absolute atomic E-state index is 6.02. The van der Waals surface area contributed by atoms with E-state index in [1.54, 1.807) is 45.3 Å². The fourth-order valence-electron chi connectivity index (χ4n) is 8.09. The molecule has 0 saturated carbocycles. The number of hydrogen-bond acceptors (Lipinski definition) is 16. The Morgan fingerprint density at radius 2 is 1.19 bits per heavy atom. The first kappa shape index (κ1) is 45.6. The normalized spacial score (nSPS) is 16.6. The van der Waals surface area contributed by atoms with Crippen LogP contribution in [0.2, 0.25) is 5.28 Å². The number of rotatable bonds is 6. The van der Waals surface area contributed by atoms with E-state index >= 15 is 0 Å². The van der Waals surface area contributed by atoms with Gasteiger partial charge in [-0.2, -0.15) is 9.97 Å². The van der Waals surface area contributed by atoms with E-state index in [4.69, 9.17) is 50.7 Å². The fourth-order valence-corrected chi connectivity index (χ4v) is 8.22. The number of nitrogens with zero attached hydrogens (tertiary/aromatic N) is 10. The first-order chi connectivity index (χ1) is 30.5. The number of nitrogen functional groups attached to an aromatic ring is 1. The molecule has 4 aliphatic rings. The Balaban J connectivity index is 0.000000157. The zero-order valence-electron chi connectivity index (χ0n) is 36.4. The highest BCUT2D eigenvalue weighted by Gasteiger charge is 2.44. The second kappa shape index (κ2) is 19.6. The van der Waals surface area contributed by atoms with Gasteiger partial charge in [-0.25, -0.2) is 19.9 Å². The Morgan fingerprint density at radius 1 is 0.688 bits per heavy atom. The SMILES string of the molecule is C.CN1c2nc(Cl)ncc2OCC12CCOCC2.COc1cc(N)ccc1-n1cnc(C)c1.COc1cc(Nc2ncc3c(n2)N(C)C2(CCOCC2)CO3)ccc1-n1cnc(C)c1. The summed E-state index contributed by atoms with van der Waals surface area (Å²) in [7, 11) is 7.40. The lowest BCUT2D eigenvalue weighted by atomic mass is 9.88. The van der Waals surface area contributed by atoms with Crippen LogP contribution in [0.4, 0.5) is 29.0 Å². The third-order valence-electron chi connectivity index (χ3n) is 12.0. The minimum atomic E-state index is -0.0787. The molecule has 3 N–H and O–H groups in total. The van der Waals surface area contributed by atoms with Crippen LogP contribution < -0.4 is 39.8 Å². The number of nitrogens with two attached hydrogens (primary N) is 1. The lowest BCUT2D eigenvalue weighted by Gasteiger charge is -2.47. The summed E-state index contributed by atoms with van der Waals surface area (Å²) in [6.45, 7) is 8.19. The zero-order valence-corrected chi connectivity index (χ0v) is 37.1. The van der Waals surface area contributed by atoms with Crippen molar-refractivity contribution in [2.45, 2.75) is 58.0 Å². The lowest BCUT2D eigenvalue weighted by molar-refractivity contribution is 0.0264. The number of nitrogens with one attached hydrogen (secondary N) is 1. The molecule has 0 aliphatic carbocycles. The molecular formula is C45H57ClN12O6. The minimum Gasteiger partial charge on any atom is -0.494 e. The number of halogens is 1. The molecule has 6 aromatic rings. The first-order valence-corrected chi connectivity index (χ1v) is 21.1. The Labute approximate surface area is 378 Å². The molecule has 0 bridgehead atoms. The maximum Gasteiger partial charge on any atom is 0.229 e. The summed E-state index contributed by atoms with van der Waals surface area (Å²) in [5.41, 5.74) is 10.9. The molecule has 64 heavy (non-hydrogen) atoms. The van der Waals surface area contributed by atoms with Crippen molar-refractivity contribution in [3.63, 3.8) is 0 Å². The minimum absolute atomic E-state index is 0. The number of fused-ring (bicyclic) bond motifs is 2. The van der Waals surface area contributed by atoms with Crippen LogP contribution in [0.5, 0.6) is 23.0 Å². The summed E-state index contributed by atoms with van der Waals surface area (Å²) < 4.78 is 37.5. The summed E-state index contributed by atoms with van der Waals surface area (Å²) in [4.78, 5) is 30.3. The molecule has 0 atom stereocenters. The highest BCUT2D eigenvalue weighted by Crippen LogP contribution is 2.42. The van der Waals surface area contributed by atoms with E-state index in [1.165, 1.54) is 0 Å². The molecule has 4 aromatic heterocycles. The van der Waals surface area contributed by atoms with Crippen LogP contribution in [0, 0.1) is 13.8 Å². The van der Waals surface area contributed by atoms with Crippen LogP contribution in [0.15, 0.2) is 73.8 Å². The second-order valence-electron chi connectivity index (χ2n) is 15.9. The van der Waals surface area contributed by atoms with Gasteiger partial charge in [0.1, 0.15) is 24.7 Å². The third-order valence-corrected chi connectivity index (χ3v) is 12.1. The highest BCUT2D eigenvalue weighted by atomic mass is 35.5. The largest absolute Gasteiger partial charge is 0.494 e. The molecule has 0 unspecified atom stereocenters. The number of aromatic nitrogens is 8. The number of aryl methyl sites for hydroxylation is 2. The van der Waals surface area contributed by atoms with Crippen LogP contribution in [-0.4, -0.2) is 118 Å². The standard InChI is InChI=1S/C22H26N6O3.C11H14ClN3O2.C11H13N3O.CH4/c1-15-12-28(14-24-15)17-5-4-16(10-18(17)29-3)25-21-23-11-19-20(26-21)27(2)22(13-31-19)6-8-30-9-7-22;1-15-9-8(6-13-10(12)14-9)17-7-11(15)2-4-16-5-3-11;1-8-6-14(7-13-8)10-4-3-9(12)5-11(10)15-2;/h4-5,10-12,14H,6-9,13H2,1-3H3,(H,23,25,26);6H,2-5,7H2,1H3;3-7H,12H2,1-2H3;1H4. The van der Waals surface area contributed by atoms with Crippen molar-refractivity contribution in [1.82, 2.24) is 39.0 Å². The summed E-state index contributed by atoms with van der Waals surface area (Å²) in [6, 6.07) is 11.4. The van der Waals surface area contributed by atoms with E-state index in [0.29, 0.717) is 36.3 Å². The number of imidazole rings is 2. The highest BCUT2D eigenvalue weighted by molar-refractivity contribution is 6.28. The number of likely N-dealkylation sites (N-methyl/N-ethyl adjacent to an activating group) is 2. The fraction of sp³-hybridized carbons (Fsp3) is 0.422. The van der Waals surface area contributed by atoms with E-state index < -0.39 is 0 Å². The van der Waals surface area contributed by atoms with Crippen LogP contribution in [0.3, 0.4) is 0 Å². The first-order valence-electron chi connectivity index (χ1n) is 20.7. The number of benzene rings is 2. The van der Waals surface area contributed by atoms with Crippen molar-refractivity contribution >= 4 is 40.6 Å². The van der Waals surface area contributed by atoms with Gasteiger partial charge < -0.3 is 58.4 Å². The Morgan fingerprint density at radius 3 is 1.70 bits per heavy atom. The predicted octanol–water partition coefficient (Wildman–Crippen LogP) is 7.02.